The molecule has 4 heteroatoms. The van der Waals surface area contributed by atoms with Gasteiger partial charge in [-0.05, 0) is 124 Å². The molecule has 5 rings (SSSR count). The molecule has 0 nitrogen and oxygen atoms in total. The van der Waals surface area contributed by atoms with Crippen LogP contribution in [0.3, 0.4) is 0 Å². The van der Waals surface area contributed by atoms with Crippen LogP contribution >= 0.6 is 45.3 Å². The van der Waals surface area contributed by atoms with Gasteiger partial charge >= 0.3 is 0 Å². The zero-order valence-electron chi connectivity index (χ0n) is 13.7. The van der Waals surface area contributed by atoms with Crippen molar-refractivity contribution < 1.29 is 0 Å². The Labute approximate surface area is 168 Å². The largest absolute Gasteiger partial charge is 0.152 e. The lowest BCUT2D eigenvalue weighted by Crippen LogP contribution is -1.89. The van der Waals surface area contributed by atoms with Gasteiger partial charge in [-0.3, -0.25) is 0 Å². The topological polar surface area (TPSA) is 0 Å². The summed E-state index contributed by atoms with van der Waals surface area (Å²) < 4.78 is 0. The van der Waals surface area contributed by atoms with E-state index in [0.29, 0.717) is 0 Å². The first-order valence-corrected chi connectivity index (χ1v) is 12.0. The molecule has 26 heavy (non-hydrogen) atoms. The molecule has 0 N–H and O–H groups in total. The van der Waals surface area contributed by atoms with Crippen LogP contribution in [0.15, 0.2) is 79.4 Å². The van der Waals surface area contributed by atoms with Crippen LogP contribution in [0.4, 0.5) is 0 Å². The second-order valence-electron chi connectivity index (χ2n) is 5.99. The first kappa shape index (κ1) is 16.2. The molecule has 0 aliphatic carbocycles. The molecule has 4 heterocycles. The van der Waals surface area contributed by atoms with Crippen LogP contribution in [-0.2, 0) is 0 Å². The van der Waals surface area contributed by atoms with Gasteiger partial charge in [0.05, 0.1) is 0 Å². The smallest absolute Gasteiger partial charge is 0.00145 e. The Morgan fingerprint density at radius 3 is 0.846 bits per heavy atom. The van der Waals surface area contributed by atoms with Crippen LogP contribution in [-0.4, -0.2) is 0 Å². The molecule has 126 valence electrons. The summed E-state index contributed by atoms with van der Waals surface area (Å²) in [6, 6.07) is 13.6. The molecule has 0 saturated carbocycles. The maximum atomic E-state index is 2.38. The van der Waals surface area contributed by atoms with Crippen LogP contribution in [0.5, 0.6) is 0 Å². The third-order valence-corrected chi connectivity index (χ3v) is 7.22. The predicted octanol–water partition coefficient (Wildman–Crippen LogP) is 8.60. The molecule has 0 radical (unpaired) electrons. The SMILES string of the molecule is c1cc(-c2cc(-c3ccsc3)c(-c3ccsc3)cc2-c2ccsc2)cs1. The zero-order chi connectivity index (χ0) is 17.3. The fourth-order valence-corrected chi connectivity index (χ4v) is 5.85. The summed E-state index contributed by atoms with van der Waals surface area (Å²) >= 11 is 7.01. The molecule has 0 aliphatic heterocycles. The summed E-state index contributed by atoms with van der Waals surface area (Å²) in [6.07, 6.45) is 0. The first-order chi connectivity index (χ1) is 12.9. The summed E-state index contributed by atoms with van der Waals surface area (Å²) in [6.45, 7) is 0. The normalized spacial score (nSPS) is 11.1. The van der Waals surface area contributed by atoms with Gasteiger partial charge in [-0.15, -0.1) is 0 Å². The summed E-state index contributed by atoms with van der Waals surface area (Å²) in [7, 11) is 0. The van der Waals surface area contributed by atoms with E-state index < -0.39 is 0 Å². The van der Waals surface area contributed by atoms with Gasteiger partial charge in [-0.25, -0.2) is 0 Å². The molecule has 0 amide bonds. The van der Waals surface area contributed by atoms with Crippen molar-refractivity contribution in [3.8, 4) is 44.5 Å². The number of hydrogen-bond donors (Lipinski definition) is 0. The molecule has 0 saturated heterocycles. The molecule has 0 fully saturated rings. The van der Waals surface area contributed by atoms with Crippen molar-refractivity contribution in [2.45, 2.75) is 0 Å². The van der Waals surface area contributed by atoms with Gasteiger partial charge in [0.1, 0.15) is 0 Å². The van der Waals surface area contributed by atoms with E-state index in [1.807, 2.05) is 0 Å². The van der Waals surface area contributed by atoms with Crippen LogP contribution in [0.25, 0.3) is 44.5 Å². The zero-order valence-corrected chi connectivity index (χ0v) is 17.0. The van der Waals surface area contributed by atoms with Gasteiger partial charge in [0.15, 0.2) is 0 Å². The highest BCUT2D eigenvalue weighted by Crippen LogP contribution is 2.43. The van der Waals surface area contributed by atoms with Crippen LogP contribution in [0.2, 0.25) is 0 Å². The van der Waals surface area contributed by atoms with Gasteiger partial charge in [0.2, 0.25) is 0 Å². The van der Waals surface area contributed by atoms with Crippen molar-refractivity contribution in [2.75, 3.05) is 0 Å². The van der Waals surface area contributed by atoms with E-state index in [4.69, 9.17) is 0 Å². The highest BCUT2D eigenvalue weighted by atomic mass is 32.1. The molecule has 5 aromatic rings. The standard InChI is InChI=1S/C22H14S4/c1-5-23-11-15(1)19-9-21(17-3-7-25-13-17)22(18-4-8-26-14-18)10-20(19)16-2-6-24-12-16/h1-14H. The second kappa shape index (κ2) is 6.97. The lowest BCUT2D eigenvalue weighted by atomic mass is 9.88. The minimum absolute atomic E-state index is 1.30. The maximum Gasteiger partial charge on any atom is -0.00145 e. The summed E-state index contributed by atoms with van der Waals surface area (Å²) in [4.78, 5) is 0. The first-order valence-electron chi connectivity index (χ1n) is 8.18. The molecule has 0 atom stereocenters. The average Bonchev–Trinajstić information content (AvgIpc) is 3.49. The Bertz CT molecular complexity index is 918. The molecule has 0 unspecified atom stereocenters. The van der Waals surface area contributed by atoms with Crippen molar-refractivity contribution >= 4 is 45.3 Å². The Morgan fingerprint density at radius 2 is 0.654 bits per heavy atom. The van der Waals surface area contributed by atoms with E-state index >= 15 is 0 Å². The number of benzene rings is 1. The van der Waals surface area contributed by atoms with Crippen LogP contribution < -0.4 is 0 Å². The minimum atomic E-state index is 1.30. The lowest BCUT2D eigenvalue weighted by Gasteiger charge is -2.15. The lowest BCUT2D eigenvalue weighted by molar-refractivity contribution is 1.61. The van der Waals surface area contributed by atoms with Gasteiger partial charge in [0.25, 0.3) is 0 Å². The Balaban J connectivity index is 1.84. The monoisotopic (exact) mass is 406 g/mol. The maximum absolute atomic E-state index is 2.38. The number of thiophene rings is 4. The summed E-state index contributed by atoms with van der Waals surface area (Å²) in [5.74, 6) is 0. The number of hydrogen-bond acceptors (Lipinski definition) is 4. The highest BCUT2D eigenvalue weighted by molar-refractivity contribution is 7.09. The van der Waals surface area contributed by atoms with Crippen molar-refractivity contribution in [3.63, 3.8) is 0 Å². The van der Waals surface area contributed by atoms with E-state index in [1.165, 1.54) is 44.5 Å². The molecule has 0 bridgehead atoms. The van der Waals surface area contributed by atoms with Gasteiger partial charge in [-0.1, -0.05) is 0 Å². The van der Waals surface area contributed by atoms with Gasteiger partial charge < -0.3 is 0 Å². The van der Waals surface area contributed by atoms with Crippen molar-refractivity contribution in [1.82, 2.24) is 0 Å². The van der Waals surface area contributed by atoms with Crippen LogP contribution in [0, 0.1) is 0 Å². The van der Waals surface area contributed by atoms with E-state index in [0.717, 1.165) is 0 Å². The summed E-state index contributed by atoms with van der Waals surface area (Å²) in [5.41, 5.74) is 10.4. The Hall–Kier alpha value is -1.98. The molecular weight excluding hydrogens is 393 g/mol. The second-order valence-corrected chi connectivity index (χ2v) is 9.11. The Kier molecular flexibility index (Phi) is 4.35. The quantitative estimate of drug-likeness (QED) is 0.280. The predicted molar refractivity (Wildman–Crippen MR) is 120 cm³/mol. The number of rotatable bonds is 4. The molecule has 1 aromatic carbocycles. The fraction of sp³-hybridized carbons (Fsp3) is 0. The van der Waals surface area contributed by atoms with Crippen molar-refractivity contribution in [3.05, 3.63) is 79.4 Å². The minimum Gasteiger partial charge on any atom is -0.152 e. The van der Waals surface area contributed by atoms with Gasteiger partial charge in [0, 0.05) is 0 Å². The molecular formula is C22H14S4. The van der Waals surface area contributed by atoms with E-state index in [-0.39, 0.29) is 0 Å². The molecule has 4 aromatic heterocycles. The fourth-order valence-electron chi connectivity index (χ4n) is 3.23. The van der Waals surface area contributed by atoms with E-state index in [1.54, 1.807) is 45.3 Å². The van der Waals surface area contributed by atoms with E-state index in [9.17, 15) is 0 Å². The highest BCUT2D eigenvalue weighted by Gasteiger charge is 2.16. The average molecular weight is 407 g/mol. The molecule has 0 aliphatic rings. The van der Waals surface area contributed by atoms with Gasteiger partial charge in [-0.2, -0.15) is 45.3 Å². The molecule has 0 spiro atoms. The third kappa shape index (κ3) is 2.89. The van der Waals surface area contributed by atoms with E-state index in [2.05, 4.69) is 79.4 Å². The van der Waals surface area contributed by atoms with Crippen molar-refractivity contribution in [1.29, 1.82) is 0 Å². The van der Waals surface area contributed by atoms with Crippen LogP contribution in [0.1, 0.15) is 0 Å². The summed E-state index contributed by atoms with van der Waals surface area (Å²) in [5, 5.41) is 17.6. The third-order valence-electron chi connectivity index (χ3n) is 4.49. The van der Waals surface area contributed by atoms with Crippen molar-refractivity contribution in [2.24, 2.45) is 0 Å². The Morgan fingerprint density at radius 1 is 0.385 bits per heavy atom.